The maximum absolute atomic E-state index is 11.3. The van der Waals surface area contributed by atoms with E-state index in [1.54, 1.807) is 0 Å². The molecule has 1 heterocycles. The van der Waals surface area contributed by atoms with E-state index in [1.807, 2.05) is 0 Å². The van der Waals surface area contributed by atoms with Gasteiger partial charge in [-0.2, -0.15) is 0 Å². The monoisotopic (exact) mass is 319 g/mol. The number of esters is 2. The summed E-state index contributed by atoms with van der Waals surface area (Å²) in [5, 5.41) is 12.5. The number of hydrogen-bond acceptors (Lipinski definition) is 8. The van der Waals surface area contributed by atoms with E-state index in [2.05, 4.69) is 5.32 Å². The largest absolute Gasteiger partial charge is 0.463 e. The van der Waals surface area contributed by atoms with Crippen LogP contribution in [0, 0.1) is 0 Å². The Balaban J connectivity index is 2.96. The van der Waals surface area contributed by atoms with E-state index in [9.17, 15) is 19.5 Å². The normalized spacial score (nSPS) is 31.2. The van der Waals surface area contributed by atoms with Gasteiger partial charge in [-0.1, -0.05) is 0 Å². The Kier molecular flexibility index (Phi) is 6.72. The van der Waals surface area contributed by atoms with Crippen molar-refractivity contribution >= 4 is 17.8 Å². The van der Waals surface area contributed by atoms with Crippen LogP contribution in [0.5, 0.6) is 0 Å². The van der Waals surface area contributed by atoms with Crippen molar-refractivity contribution in [3.8, 4) is 0 Å². The molecule has 2 unspecified atom stereocenters. The summed E-state index contributed by atoms with van der Waals surface area (Å²) < 4.78 is 20.6. The topological polar surface area (TPSA) is 120 Å². The van der Waals surface area contributed by atoms with E-state index in [1.165, 1.54) is 27.9 Å². The molecule has 0 aromatic rings. The molecule has 1 aliphatic heterocycles. The van der Waals surface area contributed by atoms with Gasteiger partial charge in [-0.15, -0.1) is 0 Å². The maximum Gasteiger partial charge on any atom is 0.303 e. The Hall–Kier alpha value is -1.71. The number of carbonyl (C=O) groups excluding carboxylic acids is 3. The zero-order chi connectivity index (χ0) is 16.9. The van der Waals surface area contributed by atoms with E-state index in [-0.39, 0.29) is 6.61 Å². The molecule has 9 nitrogen and oxygen atoms in total. The number of nitrogens with one attached hydrogen (secondary N) is 1. The zero-order valence-electron chi connectivity index (χ0n) is 12.9. The smallest absolute Gasteiger partial charge is 0.303 e. The quantitative estimate of drug-likeness (QED) is 0.601. The van der Waals surface area contributed by atoms with Crippen LogP contribution in [-0.2, 0) is 33.3 Å². The van der Waals surface area contributed by atoms with Crippen molar-refractivity contribution in [1.82, 2.24) is 5.32 Å². The van der Waals surface area contributed by atoms with E-state index < -0.39 is 48.5 Å². The molecule has 126 valence electrons. The molecule has 0 saturated carbocycles. The van der Waals surface area contributed by atoms with Crippen LogP contribution < -0.4 is 5.32 Å². The number of ether oxygens (including phenoxy) is 4. The average Bonchev–Trinajstić information content (AvgIpc) is 2.39. The highest BCUT2D eigenvalue weighted by Gasteiger charge is 2.48. The first kappa shape index (κ1) is 18.3. The lowest BCUT2D eigenvalue weighted by atomic mass is 9.96. The van der Waals surface area contributed by atoms with Gasteiger partial charge in [0.05, 0.1) is 0 Å². The number of hydrogen-bond donors (Lipinski definition) is 2. The molecule has 0 bridgehead atoms. The lowest BCUT2D eigenvalue weighted by molar-refractivity contribution is -0.264. The van der Waals surface area contributed by atoms with Gasteiger partial charge < -0.3 is 29.4 Å². The molecule has 1 rings (SSSR count). The Morgan fingerprint density at radius 2 is 1.77 bits per heavy atom. The summed E-state index contributed by atoms with van der Waals surface area (Å²) in [4.78, 5) is 33.4. The molecule has 1 amide bonds. The Morgan fingerprint density at radius 1 is 1.14 bits per heavy atom. The summed E-state index contributed by atoms with van der Waals surface area (Å²) in [6.07, 6.45) is -4.11. The maximum atomic E-state index is 11.3. The fraction of sp³-hybridized carbons (Fsp3) is 0.769. The first-order valence-corrected chi connectivity index (χ1v) is 6.70. The lowest BCUT2D eigenvalue weighted by Gasteiger charge is -2.43. The second-order valence-corrected chi connectivity index (χ2v) is 4.87. The summed E-state index contributed by atoms with van der Waals surface area (Å²) in [6, 6.07) is -1.00. The van der Waals surface area contributed by atoms with Crippen molar-refractivity contribution in [3.05, 3.63) is 0 Å². The highest BCUT2D eigenvalue weighted by atomic mass is 16.7. The Bertz CT molecular complexity index is 426. The van der Waals surface area contributed by atoms with Crippen LogP contribution in [0.15, 0.2) is 0 Å². The van der Waals surface area contributed by atoms with Crippen LogP contribution in [0.25, 0.3) is 0 Å². The molecule has 1 saturated heterocycles. The minimum atomic E-state index is -1.44. The Labute approximate surface area is 127 Å². The number of aliphatic hydroxyl groups is 1. The second-order valence-electron chi connectivity index (χ2n) is 4.87. The van der Waals surface area contributed by atoms with E-state index in [0.29, 0.717) is 0 Å². The van der Waals surface area contributed by atoms with Gasteiger partial charge >= 0.3 is 11.9 Å². The van der Waals surface area contributed by atoms with Gasteiger partial charge in [-0.25, -0.2) is 0 Å². The Morgan fingerprint density at radius 3 is 2.23 bits per heavy atom. The summed E-state index contributed by atoms with van der Waals surface area (Å²) in [5.41, 5.74) is 0. The number of carbonyl (C=O) groups is 3. The lowest BCUT2D eigenvalue weighted by Crippen LogP contribution is -2.65. The summed E-state index contributed by atoms with van der Waals surface area (Å²) in [6.45, 7) is 3.49. The standard InChI is InChI=1S/C13H21NO8/c1-6(15)14-10-12(21-8(3)17)11(19-4)9(22-13(10)18)5-20-7(2)16/h9-13,18H,5H2,1-4H3,(H,14,15)/t9?,10?,11-,12-,13-/m1/s1. The second kappa shape index (κ2) is 8.06. The van der Waals surface area contributed by atoms with E-state index in [0.717, 1.165) is 0 Å². The van der Waals surface area contributed by atoms with Crippen molar-refractivity contribution < 1.29 is 38.4 Å². The van der Waals surface area contributed by atoms with E-state index >= 15 is 0 Å². The molecule has 9 heteroatoms. The van der Waals surface area contributed by atoms with E-state index in [4.69, 9.17) is 18.9 Å². The molecule has 0 spiro atoms. The van der Waals surface area contributed by atoms with Gasteiger partial charge in [0.15, 0.2) is 12.4 Å². The van der Waals surface area contributed by atoms with Crippen LogP contribution in [0.3, 0.4) is 0 Å². The number of aliphatic hydroxyl groups excluding tert-OH is 1. The predicted molar refractivity (Wildman–Crippen MR) is 71.5 cm³/mol. The number of amides is 1. The third-order valence-electron chi connectivity index (χ3n) is 3.06. The molecular weight excluding hydrogens is 298 g/mol. The number of methoxy groups -OCH3 is 1. The van der Waals surface area contributed by atoms with Crippen LogP contribution in [0.2, 0.25) is 0 Å². The minimum absolute atomic E-state index is 0.185. The third-order valence-corrected chi connectivity index (χ3v) is 3.06. The summed E-state index contributed by atoms with van der Waals surface area (Å²) in [5.74, 6) is -1.57. The minimum Gasteiger partial charge on any atom is -0.463 e. The molecule has 0 aromatic heterocycles. The molecule has 1 fully saturated rings. The predicted octanol–water partition coefficient (Wildman–Crippen LogP) is -1.28. The third kappa shape index (κ3) is 4.93. The average molecular weight is 319 g/mol. The fourth-order valence-corrected chi connectivity index (χ4v) is 2.26. The number of rotatable bonds is 5. The van der Waals surface area contributed by atoms with Crippen molar-refractivity contribution in [3.63, 3.8) is 0 Å². The molecule has 0 radical (unpaired) electrons. The van der Waals surface area contributed by atoms with Gasteiger partial charge in [0, 0.05) is 27.9 Å². The van der Waals surface area contributed by atoms with Crippen LogP contribution >= 0.6 is 0 Å². The summed E-state index contributed by atoms with van der Waals surface area (Å²) >= 11 is 0. The molecular formula is C13H21NO8. The zero-order valence-corrected chi connectivity index (χ0v) is 12.9. The first-order chi connectivity index (χ1) is 10.3. The molecule has 5 atom stereocenters. The van der Waals surface area contributed by atoms with Gasteiger partial charge in [0.1, 0.15) is 24.9 Å². The van der Waals surface area contributed by atoms with Crippen molar-refractivity contribution in [1.29, 1.82) is 0 Å². The van der Waals surface area contributed by atoms with Crippen molar-refractivity contribution in [2.45, 2.75) is 51.4 Å². The van der Waals surface area contributed by atoms with Crippen LogP contribution in [-0.4, -0.2) is 67.3 Å². The highest BCUT2D eigenvalue weighted by Crippen LogP contribution is 2.25. The highest BCUT2D eigenvalue weighted by molar-refractivity contribution is 5.73. The van der Waals surface area contributed by atoms with Crippen LogP contribution in [0.1, 0.15) is 20.8 Å². The molecule has 22 heavy (non-hydrogen) atoms. The molecule has 0 aromatic carbocycles. The fourth-order valence-electron chi connectivity index (χ4n) is 2.26. The van der Waals surface area contributed by atoms with Crippen molar-refractivity contribution in [2.75, 3.05) is 13.7 Å². The SMILES string of the molecule is CO[C@@H]1C(COC(C)=O)O[C@@H](O)C(NC(C)=O)[C@H]1OC(C)=O. The van der Waals surface area contributed by atoms with Crippen LogP contribution in [0.4, 0.5) is 0 Å². The van der Waals surface area contributed by atoms with Gasteiger partial charge in [0.2, 0.25) is 5.91 Å². The molecule has 0 aliphatic carbocycles. The van der Waals surface area contributed by atoms with Gasteiger partial charge in [0.25, 0.3) is 0 Å². The van der Waals surface area contributed by atoms with Crippen molar-refractivity contribution in [2.24, 2.45) is 0 Å². The van der Waals surface area contributed by atoms with Gasteiger partial charge in [-0.05, 0) is 0 Å². The first-order valence-electron chi connectivity index (χ1n) is 6.70. The van der Waals surface area contributed by atoms with Gasteiger partial charge in [-0.3, -0.25) is 14.4 Å². The summed E-state index contributed by atoms with van der Waals surface area (Å²) in [7, 11) is 1.35. The molecule has 1 aliphatic rings. The molecule has 2 N–H and O–H groups in total.